The highest BCUT2D eigenvalue weighted by Crippen LogP contribution is 2.55. The Morgan fingerprint density at radius 1 is 1.08 bits per heavy atom. The Bertz CT molecular complexity index is 922. The number of rotatable bonds is 2. The van der Waals surface area contributed by atoms with Gasteiger partial charge in [-0.3, -0.25) is 0 Å². The molecule has 4 nitrogen and oxygen atoms in total. The van der Waals surface area contributed by atoms with Crippen LogP contribution in [0.2, 0.25) is 5.02 Å². The molecule has 26 heavy (non-hydrogen) atoms. The highest BCUT2D eigenvalue weighted by atomic mass is 35.5. The number of fused-ring (bicyclic) bond motifs is 2. The van der Waals surface area contributed by atoms with Crippen LogP contribution in [-0.2, 0) is 5.41 Å². The van der Waals surface area contributed by atoms with E-state index in [-0.39, 0.29) is 5.41 Å². The largest absolute Gasteiger partial charge is 0.496 e. The van der Waals surface area contributed by atoms with Gasteiger partial charge in [-0.1, -0.05) is 11.6 Å². The van der Waals surface area contributed by atoms with Crippen molar-refractivity contribution in [2.24, 2.45) is 0 Å². The number of hydrogen-bond acceptors (Lipinski definition) is 4. The normalized spacial score (nSPS) is 22.0. The molecule has 2 aliphatic heterocycles. The Balaban J connectivity index is 1.89. The molecule has 2 aliphatic rings. The molecule has 2 heterocycles. The molecule has 0 radical (unpaired) electrons. The number of anilines is 1. The number of halogens is 1. The van der Waals surface area contributed by atoms with Gasteiger partial charge in [0.25, 0.3) is 0 Å². The van der Waals surface area contributed by atoms with Crippen molar-refractivity contribution in [2.45, 2.75) is 25.0 Å². The molecule has 1 spiro atoms. The van der Waals surface area contributed by atoms with Crippen LogP contribution in [0.25, 0.3) is 6.08 Å². The van der Waals surface area contributed by atoms with Crippen molar-refractivity contribution < 1.29 is 14.2 Å². The molecule has 0 aliphatic carbocycles. The van der Waals surface area contributed by atoms with E-state index in [1.807, 2.05) is 37.4 Å². The zero-order valence-electron chi connectivity index (χ0n) is 15.6. The van der Waals surface area contributed by atoms with E-state index in [2.05, 4.69) is 30.9 Å². The zero-order chi connectivity index (χ0) is 18.7. The first-order valence-electron chi connectivity index (χ1n) is 8.52. The van der Waals surface area contributed by atoms with Crippen molar-refractivity contribution in [1.29, 1.82) is 0 Å². The number of benzene rings is 2. The van der Waals surface area contributed by atoms with Crippen molar-refractivity contribution in [3.8, 4) is 17.2 Å². The first kappa shape index (κ1) is 17.1. The third-order valence-corrected chi connectivity index (χ3v) is 5.90. The van der Waals surface area contributed by atoms with Gasteiger partial charge in [0.05, 0.1) is 25.2 Å². The fourth-order valence-electron chi connectivity index (χ4n) is 4.12. The van der Waals surface area contributed by atoms with Crippen molar-refractivity contribution in [1.82, 2.24) is 0 Å². The number of ether oxygens (including phenoxy) is 3. The van der Waals surface area contributed by atoms with E-state index in [0.29, 0.717) is 5.75 Å². The second-order valence-electron chi connectivity index (χ2n) is 7.22. The smallest absolute Gasteiger partial charge is 0.211 e. The van der Waals surface area contributed by atoms with E-state index >= 15 is 0 Å². The summed E-state index contributed by atoms with van der Waals surface area (Å²) in [5.74, 6) is 2.16. The molecule has 0 amide bonds. The van der Waals surface area contributed by atoms with Gasteiger partial charge in [-0.15, -0.1) is 0 Å². The van der Waals surface area contributed by atoms with Gasteiger partial charge in [0.2, 0.25) is 5.72 Å². The van der Waals surface area contributed by atoms with E-state index < -0.39 is 5.72 Å². The van der Waals surface area contributed by atoms with Crippen molar-refractivity contribution in [3.05, 3.63) is 52.6 Å². The van der Waals surface area contributed by atoms with Gasteiger partial charge in [0.15, 0.2) is 0 Å². The van der Waals surface area contributed by atoms with Crippen LogP contribution in [0, 0.1) is 0 Å². The van der Waals surface area contributed by atoms with Crippen LogP contribution in [0.3, 0.4) is 0 Å². The standard InChI is InChI=1S/C21H22ClNO3/c1-20(2)16-10-13(22)6-7-17(16)23(3)21(20)9-8-15-18(25-5)11-14(24-4)12-19(15)26-21/h6-12H,1-5H3. The molecule has 0 saturated carbocycles. The Hall–Kier alpha value is -2.33. The van der Waals surface area contributed by atoms with Crippen molar-refractivity contribution in [3.63, 3.8) is 0 Å². The Kier molecular flexibility index (Phi) is 3.67. The maximum absolute atomic E-state index is 6.65. The van der Waals surface area contributed by atoms with Gasteiger partial charge < -0.3 is 19.1 Å². The Labute approximate surface area is 158 Å². The Morgan fingerprint density at radius 3 is 2.54 bits per heavy atom. The summed E-state index contributed by atoms with van der Waals surface area (Å²) in [6, 6.07) is 9.76. The van der Waals surface area contributed by atoms with Gasteiger partial charge in [-0.05, 0) is 49.8 Å². The summed E-state index contributed by atoms with van der Waals surface area (Å²) >= 11 is 6.28. The number of nitrogens with zero attached hydrogens (tertiary/aromatic N) is 1. The van der Waals surface area contributed by atoms with E-state index in [1.54, 1.807) is 14.2 Å². The molecule has 1 atom stereocenters. The predicted octanol–water partition coefficient (Wildman–Crippen LogP) is 4.89. The molecule has 2 aromatic rings. The molecule has 0 bridgehead atoms. The second kappa shape index (κ2) is 5.58. The van der Waals surface area contributed by atoms with Gasteiger partial charge in [-0.25, -0.2) is 0 Å². The van der Waals surface area contributed by atoms with Crippen LogP contribution in [-0.4, -0.2) is 27.0 Å². The van der Waals surface area contributed by atoms with Crippen molar-refractivity contribution >= 4 is 23.4 Å². The highest BCUT2D eigenvalue weighted by Gasteiger charge is 2.57. The van der Waals surface area contributed by atoms with Gasteiger partial charge in [0.1, 0.15) is 17.2 Å². The summed E-state index contributed by atoms with van der Waals surface area (Å²) in [6.07, 6.45) is 4.18. The van der Waals surface area contributed by atoms with Crippen LogP contribution < -0.4 is 19.1 Å². The average molecular weight is 372 g/mol. The van der Waals surface area contributed by atoms with E-state index in [1.165, 1.54) is 0 Å². The maximum Gasteiger partial charge on any atom is 0.211 e. The van der Waals surface area contributed by atoms with Crippen LogP contribution in [0.1, 0.15) is 25.0 Å². The third kappa shape index (κ3) is 2.08. The summed E-state index contributed by atoms with van der Waals surface area (Å²) in [7, 11) is 5.34. The lowest BCUT2D eigenvalue weighted by molar-refractivity contribution is 0.0576. The molecule has 5 heteroatoms. The second-order valence-corrected chi connectivity index (χ2v) is 7.66. The minimum atomic E-state index is -0.662. The fraction of sp³-hybridized carbons (Fsp3) is 0.333. The van der Waals surface area contributed by atoms with Crippen LogP contribution in [0.5, 0.6) is 17.2 Å². The first-order chi connectivity index (χ1) is 12.3. The quantitative estimate of drug-likeness (QED) is 0.752. The summed E-state index contributed by atoms with van der Waals surface area (Å²) in [5.41, 5.74) is 2.21. The molecule has 0 N–H and O–H groups in total. The van der Waals surface area contributed by atoms with Gasteiger partial charge in [-0.2, -0.15) is 0 Å². The lowest BCUT2D eigenvalue weighted by Crippen LogP contribution is -2.58. The topological polar surface area (TPSA) is 30.9 Å². The number of hydrogen-bond donors (Lipinski definition) is 0. The molecule has 136 valence electrons. The molecule has 2 aromatic carbocycles. The van der Waals surface area contributed by atoms with Gasteiger partial charge >= 0.3 is 0 Å². The molecule has 0 aromatic heterocycles. The van der Waals surface area contributed by atoms with Crippen molar-refractivity contribution in [2.75, 3.05) is 26.2 Å². The fourth-order valence-corrected chi connectivity index (χ4v) is 4.29. The summed E-state index contributed by atoms with van der Waals surface area (Å²) in [4.78, 5) is 2.17. The number of methoxy groups -OCH3 is 2. The molecule has 4 rings (SSSR count). The lowest BCUT2D eigenvalue weighted by atomic mass is 9.76. The SMILES string of the molecule is COc1cc(OC)c2c(c1)OC1(C=C2)N(C)c2ccc(Cl)cc2C1(C)C. The zero-order valence-corrected chi connectivity index (χ0v) is 16.3. The highest BCUT2D eigenvalue weighted by molar-refractivity contribution is 6.30. The van der Waals surface area contributed by atoms with E-state index in [4.69, 9.17) is 25.8 Å². The summed E-state index contributed by atoms with van der Waals surface area (Å²) < 4.78 is 17.6. The maximum atomic E-state index is 6.65. The lowest BCUT2D eigenvalue weighted by Gasteiger charge is -2.45. The predicted molar refractivity (Wildman–Crippen MR) is 105 cm³/mol. The Morgan fingerprint density at radius 2 is 1.85 bits per heavy atom. The monoisotopic (exact) mass is 371 g/mol. The van der Waals surface area contributed by atoms with E-state index in [0.717, 1.165) is 33.3 Å². The minimum Gasteiger partial charge on any atom is -0.496 e. The van der Waals surface area contributed by atoms with Crippen LogP contribution >= 0.6 is 11.6 Å². The molecular weight excluding hydrogens is 350 g/mol. The first-order valence-corrected chi connectivity index (χ1v) is 8.90. The summed E-state index contributed by atoms with van der Waals surface area (Å²) in [5, 5.41) is 0.728. The minimum absolute atomic E-state index is 0.313. The number of likely N-dealkylation sites (N-methyl/N-ethyl adjacent to an activating group) is 1. The van der Waals surface area contributed by atoms with Crippen LogP contribution in [0.4, 0.5) is 5.69 Å². The van der Waals surface area contributed by atoms with Crippen LogP contribution in [0.15, 0.2) is 36.4 Å². The average Bonchev–Trinajstić information content (AvgIpc) is 2.79. The summed E-state index contributed by atoms with van der Waals surface area (Å²) in [6.45, 7) is 4.36. The molecular formula is C21H22ClNO3. The molecule has 0 saturated heterocycles. The molecule has 1 unspecified atom stereocenters. The molecule has 0 fully saturated rings. The van der Waals surface area contributed by atoms with E-state index in [9.17, 15) is 0 Å². The third-order valence-electron chi connectivity index (χ3n) is 5.66. The van der Waals surface area contributed by atoms with Gasteiger partial charge in [0, 0.05) is 29.9 Å².